The number of halogens is 2. The maximum Gasteiger partial charge on any atom is -1.00 e. The van der Waals surface area contributed by atoms with Gasteiger partial charge >= 0.3 is 167 Å². The minimum atomic E-state index is -0.919. The summed E-state index contributed by atoms with van der Waals surface area (Å²) in [4.78, 5) is 0. The molecular weight excluding hydrogens is 569 g/mol. The molecule has 3 aromatic rings. The number of hydrogen-bond acceptors (Lipinski definition) is 0. The van der Waals surface area contributed by atoms with Crippen molar-refractivity contribution in [1.29, 1.82) is 0 Å². The Balaban J connectivity index is 0.000000961. The minimum absolute atomic E-state index is 0. The molecule has 6 rings (SSSR count). The Bertz CT molecular complexity index is 1020. The summed E-state index contributed by atoms with van der Waals surface area (Å²) in [5.74, 6) is 0. The van der Waals surface area contributed by atoms with Crippen molar-refractivity contribution in [1.82, 2.24) is 0 Å². The van der Waals surface area contributed by atoms with Crippen molar-refractivity contribution in [3.05, 3.63) is 112 Å². The van der Waals surface area contributed by atoms with E-state index in [1.807, 2.05) is 0 Å². The van der Waals surface area contributed by atoms with Gasteiger partial charge in [-0.05, 0) is 0 Å². The number of benzene rings is 3. The van der Waals surface area contributed by atoms with Crippen molar-refractivity contribution in [2.24, 2.45) is 0 Å². The second-order valence-electron chi connectivity index (χ2n) is 7.10. The van der Waals surface area contributed by atoms with Gasteiger partial charge in [0.2, 0.25) is 0 Å². The van der Waals surface area contributed by atoms with Crippen LogP contribution in [0.4, 0.5) is 0 Å². The van der Waals surface area contributed by atoms with E-state index >= 15 is 0 Å². The summed E-state index contributed by atoms with van der Waals surface area (Å²) < 4.78 is 1.54. The van der Waals surface area contributed by atoms with Gasteiger partial charge in [0.05, 0.1) is 0 Å². The maximum absolute atomic E-state index is 2.55. The zero-order chi connectivity index (χ0) is 17.1. The molecule has 0 bridgehead atoms. The molecule has 0 aromatic heterocycles. The van der Waals surface area contributed by atoms with E-state index in [4.69, 9.17) is 0 Å². The average molecular weight is 586 g/mol. The molecule has 28 heavy (non-hydrogen) atoms. The third-order valence-electron chi connectivity index (χ3n) is 5.68. The van der Waals surface area contributed by atoms with Crippen molar-refractivity contribution in [3.63, 3.8) is 0 Å². The molecule has 4 heteroatoms. The molecule has 3 aliphatic rings. The van der Waals surface area contributed by atoms with Crippen molar-refractivity contribution < 1.29 is 47.7 Å². The molecule has 2 atom stereocenters. The van der Waals surface area contributed by atoms with E-state index in [9.17, 15) is 0 Å². The second kappa shape index (κ2) is 8.04. The van der Waals surface area contributed by atoms with E-state index in [0.717, 1.165) is 7.35 Å². The number of fused-ring (bicyclic) bond motifs is 6. The molecule has 0 N–H and O–H groups in total. The van der Waals surface area contributed by atoms with Gasteiger partial charge in [0.25, 0.3) is 0 Å². The zero-order valence-corrected chi connectivity index (χ0v) is 21.0. The number of hydrogen-bond donors (Lipinski definition) is 0. The molecule has 136 valence electrons. The summed E-state index contributed by atoms with van der Waals surface area (Å²) >= 11 is -0.919. The van der Waals surface area contributed by atoms with Crippen LogP contribution in [0.3, 0.4) is 0 Å². The largest absolute Gasteiger partial charge is 1.00 e. The van der Waals surface area contributed by atoms with Crippen LogP contribution in [0.25, 0.3) is 12.2 Å². The topological polar surface area (TPSA) is 0 Å². The van der Waals surface area contributed by atoms with Gasteiger partial charge < -0.3 is 24.8 Å². The van der Waals surface area contributed by atoms with Crippen molar-refractivity contribution in [3.8, 4) is 0 Å². The Kier molecular flexibility index (Phi) is 5.83. The van der Waals surface area contributed by atoms with E-state index in [0.29, 0.717) is 0 Å². The monoisotopic (exact) mass is 586 g/mol. The molecule has 1 fully saturated rings. The molecule has 1 aliphatic heterocycles. The van der Waals surface area contributed by atoms with Crippen LogP contribution in [-0.2, 0) is 22.9 Å². The fourth-order valence-electron chi connectivity index (χ4n) is 4.54. The minimum Gasteiger partial charge on any atom is -1.00 e. The molecular formula is C24H17Cl2HfP. The number of allylic oxidation sites excluding steroid dienone is 2. The molecule has 2 unspecified atom stereocenters. The van der Waals surface area contributed by atoms with Crippen LogP contribution in [0.5, 0.6) is 0 Å². The Morgan fingerprint density at radius 1 is 0.571 bits per heavy atom. The van der Waals surface area contributed by atoms with Crippen molar-refractivity contribution in [2.75, 3.05) is 0 Å². The first-order valence-corrected chi connectivity index (χ1v) is 14.6. The average Bonchev–Trinajstić information content (AvgIpc) is 3.25. The molecule has 0 saturated carbocycles. The number of rotatable bonds is 1. The van der Waals surface area contributed by atoms with E-state index < -0.39 is 22.9 Å². The molecule has 0 nitrogen and oxygen atoms in total. The third kappa shape index (κ3) is 3.03. The summed E-state index contributed by atoms with van der Waals surface area (Å²) in [6.07, 6.45) is 5.09. The molecule has 1 saturated heterocycles. The molecule has 0 radical (unpaired) electrons. The van der Waals surface area contributed by atoms with Crippen LogP contribution < -0.4 is 30.1 Å². The smallest absolute Gasteiger partial charge is 1.00 e. The predicted octanol–water partition coefficient (Wildman–Crippen LogP) is 0.0895. The van der Waals surface area contributed by atoms with Gasteiger partial charge in [0.15, 0.2) is 0 Å². The maximum atomic E-state index is 2.55. The third-order valence-corrected chi connectivity index (χ3v) is 16.9. The SMILES string of the molecule is C1=C2[CH]([Hf+2][CH]3C(=Cc4ccccc43)P2c2ccccc2)c2ccccc21.[Cl-].[Cl-]. The van der Waals surface area contributed by atoms with Gasteiger partial charge in [0, 0.05) is 0 Å². The van der Waals surface area contributed by atoms with Crippen LogP contribution in [0.1, 0.15) is 29.6 Å². The quantitative estimate of drug-likeness (QED) is 0.281. The zero-order valence-electron chi connectivity index (χ0n) is 15.0. The van der Waals surface area contributed by atoms with Crippen LogP contribution in [0, 0.1) is 0 Å². The molecule has 0 amide bonds. The second-order valence-corrected chi connectivity index (χ2v) is 14.7. The van der Waals surface area contributed by atoms with E-state index in [-0.39, 0.29) is 32.7 Å². The molecule has 1 heterocycles. The summed E-state index contributed by atoms with van der Waals surface area (Å²) in [6, 6.07) is 29.6. The van der Waals surface area contributed by atoms with Crippen LogP contribution in [-0.4, -0.2) is 0 Å². The van der Waals surface area contributed by atoms with Gasteiger partial charge in [0.1, 0.15) is 0 Å². The standard InChI is InChI=1S/C24H17P.2ClH.Hf/c1-2-12-22(13-3-1)25(23-14-18-8-4-5-9-19(18)15-23)24-16-20-10-6-7-11-21(20)17-24;;;/h1-17H;2*1H;/q;;;+2/p-2. The molecule has 2 aliphatic carbocycles. The Morgan fingerprint density at radius 2 is 1.04 bits per heavy atom. The fourth-order valence-corrected chi connectivity index (χ4v) is 17.4. The molecule has 0 spiro atoms. The predicted molar refractivity (Wildman–Crippen MR) is 107 cm³/mol. The summed E-state index contributed by atoms with van der Waals surface area (Å²) in [5.41, 5.74) is 6.21. The first-order chi connectivity index (χ1) is 12.9. The van der Waals surface area contributed by atoms with Crippen molar-refractivity contribution >= 4 is 25.4 Å². The van der Waals surface area contributed by atoms with E-state index in [1.165, 1.54) is 16.4 Å². The van der Waals surface area contributed by atoms with E-state index in [1.54, 1.807) is 21.8 Å². The van der Waals surface area contributed by atoms with Crippen LogP contribution in [0.2, 0.25) is 0 Å². The first-order valence-electron chi connectivity index (χ1n) is 9.12. The Labute approximate surface area is 191 Å². The van der Waals surface area contributed by atoms with Crippen molar-refractivity contribution in [2.45, 2.75) is 7.35 Å². The normalized spacial score (nSPS) is 22.5. The van der Waals surface area contributed by atoms with E-state index in [2.05, 4.69) is 91.0 Å². The van der Waals surface area contributed by atoms with Gasteiger partial charge in [-0.1, -0.05) is 0 Å². The fraction of sp³-hybridized carbons (Fsp3) is 0.0833. The summed E-state index contributed by atoms with van der Waals surface area (Å²) in [5, 5.41) is 5.01. The summed E-state index contributed by atoms with van der Waals surface area (Å²) in [7, 11) is -0.369. The van der Waals surface area contributed by atoms with Gasteiger partial charge in [-0.25, -0.2) is 0 Å². The molecule has 3 aromatic carbocycles. The van der Waals surface area contributed by atoms with Crippen LogP contribution >= 0.6 is 7.92 Å². The Morgan fingerprint density at radius 3 is 1.57 bits per heavy atom. The Hall–Kier alpha value is -0.980. The van der Waals surface area contributed by atoms with Gasteiger partial charge in [-0.3, -0.25) is 0 Å². The summed E-state index contributed by atoms with van der Waals surface area (Å²) in [6.45, 7) is 0. The van der Waals surface area contributed by atoms with Crippen LogP contribution in [0.15, 0.2) is 89.5 Å². The first kappa shape index (κ1) is 20.3. The van der Waals surface area contributed by atoms with Gasteiger partial charge in [-0.2, -0.15) is 0 Å². The van der Waals surface area contributed by atoms with Gasteiger partial charge in [-0.15, -0.1) is 0 Å².